The lowest BCUT2D eigenvalue weighted by atomic mass is 10.1. The third kappa shape index (κ3) is 2.97. The van der Waals surface area contributed by atoms with Gasteiger partial charge in [-0.25, -0.2) is 9.97 Å². The molecule has 0 unspecified atom stereocenters. The van der Waals surface area contributed by atoms with Crippen LogP contribution in [0.3, 0.4) is 0 Å². The molecule has 1 aromatic carbocycles. The summed E-state index contributed by atoms with van der Waals surface area (Å²) >= 11 is 0. The van der Waals surface area contributed by atoms with Crippen molar-refractivity contribution in [1.29, 1.82) is 0 Å². The Hall–Kier alpha value is -2.10. The molecule has 0 fully saturated rings. The summed E-state index contributed by atoms with van der Waals surface area (Å²) < 4.78 is 0. The number of nitrogens with zero attached hydrogens (tertiary/aromatic N) is 2. The first-order valence-corrected chi connectivity index (χ1v) is 6.05. The van der Waals surface area contributed by atoms with Crippen molar-refractivity contribution in [3.8, 4) is 0 Å². The number of nitrogen functional groups attached to an aromatic ring is 1. The van der Waals surface area contributed by atoms with Crippen LogP contribution in [0.4, 0.5) is 11.6 Å². The Labute approximate surface area is 107 Å². The lowest BCUT2D eigenvalue weighted by molar-refractivity contribution is 0.974. The maximum Gasteiger partial charge on any atom is 0.134 e. The van der Waals surface area contributed by atoms with E-state index < -0.39 is 0 Å². The van der Waals surface area contributed by atoms with Crippen LogP contribution in [0.15, 0.2) is 30.3 Å². The summed E-state index contributed by atoms with van der Waals surface area (Å²) in [5.41, 5.74) is 8.03. The van der Waals surface area contributed by atoms with Crippen LogP contribution in [0, 0.1) is 13.8 Å². The molecule has 0 aliphatic heterocycles. The van der Waals surface area contributed by atoms with E-state index in [9.17, 15) is 0 Å². The first-order chi connectivity index (χ1) is 8.66. The second kappa shape index (κ2) is 5.49. The van der Waals surface area contributed by atoms with Gasteiger partial charge in [-0.3, -0.25) is 0 Å². The number of hydrogen-bond acceptors (Lipinski definition) is 4. The van der Waals surface area contributed by atoms with Crippen LogP contribution in [0.25, 0.3) is 0 Å². The lowest BCUT2D eigenvalue weighted by Crippen LogP contribution is -2.10. The molecule has 0 bridgehead atoms. The Bertz CT molecular complexity index is 523. The van der Waals surface area contributed by atoms with Gasteiger partial charge in [0.1, 0.15) is 17.5 Å². The summed E-state index contributed by atoms with van der Waals surface area (Å²) in [6.07, 6.45) is 0.962. The minimum absolute atomic E-state index is 0.546. The SMILES string of the molecule is Cc1nc(N)c(C)c(NCCc2ccccc2)n1. The number of rotatable bonds is 4. The van der Waals surface area contributed by atoms with Gasteiger partial charge < -0.3 is 11.1 Å². The first-order valence-electron chi connectivity index (χ1n) is 6.05. The van der Waals surface area contributed by atoms with E-state index in [2.05, 4.69) is 27.4 Å². The average molecular weight is 242 g/mol. The third-order valence-electron chi connectivity index (χ3n) is 2.84. The van der Waals surface area contributed by atoms with Gasteiger partial charge in [0.15, 0.2) is 0 Å². The fraction of sp³-hybridized carbons (Fsp3) is 0.286. The van der Waals surface area contributed by atoms with Crippen molar-refractivity contribution < 1.29 is 0 Å². The van der Waals surface area contributed by atoms with E-state index in [1.165, 1.54) is 5.56 Å². The Kier molecular flexibility index (Phi) is 3.77. The molecule has 4 nitrogen and oxygen atoms in total. The van der Waals surface area contributed by atoms with Gasteiger partial charge >= 0.3 is 0 Å². The smallest absolute Gasteiger partial charge is 0.134 e. The predicted octanol–water partition coefficient (Wildman–Crippen LogP) is 2.33. The van der Waals surface area contributed by atoms with Gasteiger partial charge in [0.25, 0.3) is 0 Å². The molecule has 0 spiro atoms. The van der Waals surface area contributed by atoms with Gasteiger partial charge in [0.05, 0.1) is 0 Å². The van der Waals surface area contributed by atoms with Gasteiger partial charge in [-0.2, -0.15) is 0 Å². The molecule has 4 heteroatoms. The topological polar surface area (TPSA) is 63.8 Å². The Balaban J connectivity index is 1.99. The molecule has 0 saturated carbocycles. The number of benzene rings is 1. The number of nitrogens with two attached hydrogens (primary N) is 1. The highest BCUT2D eigenvalue weighted by Gasteiger charge is 2.05. The van der Waals surface area contributed by atoms with E-state index in [0.717, 1.165) is 24.3 Å². The molecule has 0 aliphatic rings. The number of hydrogen-bond donors (Lipinski definition) is 2. The summed E-state index contributed by atoms with van der Waals surface area (Å²) in [6.45, 7) is 4.61. The number of aryl methyl sites for hydroxylation is 1. The molecule has 94 valence electrons. The molecule has 0 radical (unpaired) electrons. The van der Waals surface area contributed by atoms with Crippen LogP contribution < -0.4 is 11.1 Å². The van der Waals surface area contributed by atoms with Crippen LogP contribution >= 0.6 is 0 Å². The predicted molar refractivity (Wildman–Crippen MR) is 74.6 cm³/mol. The zero-order chi connectivity index (χ0) is 13.0. The monoisotopic (exact) mass is 242 g/mol. The van der Waals surface area contributed by atoms with E-state index >= 15 is 0 Å². The quantitative estimate of drug-likeness (QED) is 0.863. The van der Waals surface area contributed by atoms with E-state index in [-0.39, 0.29) is 0 Å². The normalized spacial score (nSPS) is 10.3. The molecule has 0 aliphatic carbocycles. The summed E-state index contributed by atoms with van der Waals surface area (Å²) in [6, 6.07) is 10.4. The Morgan fingerprint density at radius 3 is 2.56 bits per heavy atom. The molecule has 0 atom stereocenters. The van der Waals surface area contributed by atoms with Crippen LogP contribution in [0.5, 0.6) is 0 Å². The summed E-state index contributed by atoms with van der Waals surface area (Å²) in [5.74, 6) is 2.07. The molecule has 18 heavy (non-hydrogen) atoms. The molecular formula is C14H18N4. The van der Waals surface area contributed by atoms with Crippen molar-refractivity contribution in [2.75, 3.05) is 17.6 Å². The zero-order valence-electron chi connectivity index (χ0n) is 10.8. The number of anilines is 2. The second-order valence-corrected chi connectivity index (χ2v) is 4.29. The molecule has 0 amide bonds. The summed E-state index contributed by atoms with van der Waals surface area (Å²) in [4.78, 5) is 8.49. The highest BCUT2D eigenvalue weighted by Crippen LogP contribution is 2.16. The van der Waals surface area contributed by atoms with E-state index in [0.29, 0.717) is 11.6 Å². The highest BCUT2D eigenvalue weighted by atomic mass is 15.0. The number of aromatic nitrogens is 2. The van der Waals surface area contributed by atoms with Crippen molar-refractivity contribution in [2.24, 2.45) is 0 Å². The maximum absolute atomic E-state index is 5.81. The average Bonchev–Trinajstić information content (AvgIpc) is 2.36. The summed E-state index contributed by atoms with van der Waals surface area (Å²) in [7, 11) is 0. The maximum atomic E-state index is 5.81. The van der Waals surface area contributed by atoms with E-state index in [1.807, 2.05) is 32.0 Å². The van der Waals surface area contributed by atoms with Crippen molar-refractivity contribution in [1.82, 2.24) is 9.97 Å². The van der Waals surface area contributed by atoms with Crippen molar-refractivity contribution in [3.63, 3.8) is 0 Å². The highest BCUT2D eigenvalue weighted by molar-refractivity contribution is 5.54. The largest absolute Gasteiger partial charge is 0.383 e. The molecule has 3 N–H and O–H groups in total. The fourth-order valence-electron chi connectivity index (χ4n) is 1.79. The van der Waals surface area contributed by atoms with Crippen molar-refractivity contribution in [2.45, 2.75) is 20.3 Å². The fourth-order valence-corrected chi connectivity index (χ4v) is 1.79. The standard InChI is InChI=1S/C14H18N4/c1-10-13(15)17-11(2)18-14(10)16-9-8-12-6-4-3-5-7-12/h3-7H,8-9H2,1-2H3,(H3,15,16,17,18). The van der Waals surface area contributed by atoms with Crippen LogP contribution in [-0.4, -0.2) is 16.5 Å². The van der Waals surface area contributed by atoms with Crippen molar-refractivity contribution in [3.05, 3.63) is 47.3 Å². The molecule has 2 aromatic rings. The Morgan fingerprint density at radius 1 is 1.11 bits per heavy atom. The van der Waals surface area contributed by atoms with Gasteiger partial charge in [-0.15, -0.1) is 0 Å². The minimum atomic E-state index is 0.546. The van der Waals surface area contributed by atoms with Crippen LogP contribution in [0.2, 0.25) is 0 Å². The van der Waals surface area contributed by atoms with Crippen LogP contribution in [-0.2, 0) is 6.42 Å². The van der Waals surface area contributed by atoms with Gasteiger partial charge in [0, 0.05) is 12.1 Å². The van der Waals surface area contributed by atoms with E-state index in [4.69, 9.17) is 5.73 Å². The third-order valence-corrected chi connectivity index (χ3v) is 2.84. The zero-order valence-corrected chi connectivity index (χ0v) is 10.8. The Morgan fingerprint density at radius 2 is 1.83 bits per heavy atom. The van der Waals surface area contributed by atoms with Gasteiger partial charge in [-0.1, -0.05) is 30.3 Å². The minimum Gasteiger partial charge on any atom is -0.383 e. The van der Waals surface area contributed by atoms with Crippen molar-refractivity contribution >= 4 is 11.6 Å². The van der Waals surface area contributed by atoms with Gasteiger partial charge in [-0.05, 0) is 25.8 Å². The molecule has 0 saturated heterocycles. The summed E-state index contributed by atoms with van der Waals surface area (Å²) in [5, 5.41) is 3.31. The molecular weight excluding hydrogens is 224 g/mol. The van der Waals surface area contributed by atoms with Crippen LogP contribution in [0.1, 0.15) is 17.0 Å². The lowest BCUT2D eigenvalue weighted by Gasteiger charge is -2.10. The second-order valence-electron chi connectivity index (χ2n) is 4.29. The first kappa shape index (κ1) is 12.4. The van der Waals surface area contributed by atoms with E-state index in [1.54, 1.807) is 0 Å². The molecule has 1 heterocycles. The number of nitrogens with one attached hydrogen (secondary N) is 1. The molecule has 1 aromatic heterocycles. The molecule has 2 rings (SSSR count). The van der Waals surface area contributed by atoms with Gasteiger partial charge in [0.2, 0.25) is 0 Å².